The Hall–Kier alpha value is -0.853. The first-order chi connectivity index (χ1) is 17.4. The maximum Gasteiger partial charge on any atom is 0.351 e. The molecule has 2 aliphatic heterocycles. The highest BCUT2D eigenvalue weighted by molar-refractivity contribution is 9.15. The van der Waals surface area contributed by atoms with Crippen molar-refractivity contribution in [2.24, 2.45) is 0 Å². The Morgan fingerprint density at radius 2 is 1.92 bits per heavy atom. The maximum absolute atomic E-state index is 13.0. The van der Waals surface area contributed by atoms with Crippen LogP contribution in [0.25, 0.3) is 0 Å². The van der Waals surface area contributed by atoms with Crippen LogP contribution in [0.15, 0.2) is 47.4 Å². The number of hydrogen-bond acceptors (Lipinski definition) is 9. The van der Waals surface area contributed by atoms with Gasteiger partial charge in [-0.15, -0.1) is 0 Å². The average molecular weight is 601 g/mol. The summed E-state index contributed by atoms with van der Waals surface area (Å²) in [7, 11) is -2.01. The summed E-state index contributed by atoms with van der Waals surface area (Å²) in [6.45, 7) is 11.4. The number of aromatic nitrogens is 2. The highest BCUT2D eigenvalue weighted by atomic mass is 33.4. The second-order valence-electron chi connectivity index (χ2n) is 10.5. The minimum Gasteiger partial charge on any atom is -0.414 e. The number of nitrogens with one attached hydrogen (secondary N) is 1. The van der Waals surface area contributed by atoms with Crippen LogP contribution in [0.2, 0.25) is 18.1 Å². The Balaban J connectivity index is 1.49. The summed E-state index contributed by atoms with van der Waals surface area (Å²) in [5.74, 6) is 1.90. The van der Waals surface area contributed by atoms with Gasteiger partial charge in [0.25, 0.3) is 5.91 Å². The van der Waals surface area contributed by atoms with Gasteiger partial charge >= 0.3 is 10.8 Å². The van der Waals surface area contributed by atoms with Gasteiger partial charge in [-0.25, -0.2) is 4.79 Å². The SMILES string of the molecule is CC(C)(C)[Si](C)(C)OC[C@H]1O[C@@H](n2ccc(NC(=O)c3ccccc3)nc2=O)C[C@@H]1O[P+]1(S)SCCS1. The fourth-order valence-corrected chi connectivity index (χ4v) is 14.3. The lowest BCUT2D eigenvalue weighted by Crippen LogP contribution is -2.44. The summed E-state index contributed by atoms with van der Waals surface area (Å²) in [4.78, 5) is 29.5. The zero-order chi connectivity index (χ0) is 26.8. The van der Waals surface area contributed by atoms with Crippen molar-refractivity contribution in [3.8, 4) is 0 Å². The largest absolute Gasteiger partial charge is 0.414 e. The lowest BCUT2D eigenvalue weighted by atomic mass is 10.2. The Bertz CT molecular complexity index is 1160. The van der Waals surface area contributed by atoms with E-state index in [1.807, 2.05) is 6.07 Å². The van der Waals surface area contributed by atoms with Crippen molar-refractivity contribution in [3.05, 3.63) is 58.6 Å². The van der Waals surface area contributed by atoms with E-state index >= 15 is 0 Å². The predicted octanol–water partition coefficient (Wildman–Crippen LogP) is 6.28. The zero-order valence-corrected chi connectivity index (χ0v) is 26.2. The molecule has 8 nitrogen and oxygen atoms in total. The first-order valence-electron chi connectivity index (χ1n) is 12.2. The van der Waals surface area contributed by atoms with Crippen LogP contribution in [0.1, 0.15) is 43.8 Å². The third-order valence-electron chi connectivity index (χ3n) is 6.87. The quantitative estimate of drug-likeness (QED) is 0.208. The molecule has 0 unspecified atom stereocenters. The number of hydrogen-bond donors (Lipinski definition) is 2. The highest BCUT2D eigenvalue weighted by Crippen LogP contribution is 2.87. The molecule has 4 rings (SSSR count). The fraction of sp³-hybridized carbons (Fsp3) is 0.542. The zero-order valence-electron chi connectivity index (χ0n) is 21.7. The summed E-state index contributed by atoms with van der Waals surface area (Å²) in [6.07, 6.45) is 0.984. The van der Waals surface area contributed by atoms with E-state index in [-0.39, 0.29) is 29.0 Å². The van der Waals surface area contributed by atoms with Gasteiger partial charge in [0.15, 0.2) is 8.32 Å². The lowest BCUT2D eigenvalue weighted by molar-refractivity contribution is -0.0378. The molecule has 3 atom stereocenters. The monoisotopic (exact) mass is 600 g/mol. The molecule has 0 aliphatic carbocycles. The molecule has 1 N–H and O–H groups in total. The number of amides is 1. The first-order valence-corrected chi connectivity index (χ1v) is 21.2. The minimum atomic E-state index is -2.01. The molecule has 2 saturated heterocycles. The lowest BCUT2D eigenvalue weighted by Gasteiger charge is -2.37. The van der Waals surface area contributed by atoms with Crippen molar-refractivity contribution in [1.82, 2.24) is 9.55 Å². The van der Waals surface area contributed by atoms with Crippen LogP contribution in [-0.4, -0.2) is 54.1 Å². The van der Waals surface area contributed by atoms with E-state index < -0.39 is 25.3 Å². The third-order valence-corrected chi connectivity index (χ3v) is 21.4. The van der Waals surface area contributed by atoms with Gasteiger partial charge in [-0.2, -0.15) is 9.51 Å². The third kappa shape index (κ3) is 7.22. The number of ether oxygens (including phenoxy) is 1. The number of carbonyl (C=O) groups is 1. The van der Waals surface area contributed by atoms with Gasteiger partial charge in [0.2, 0.25) is 0 Å². The molecule has 2 aromatic rings. The van der Waals surface area contributed by atoms with Gasteiger partial charge in [-0.3, -0.25) is 9.36 Å². The molecule has 0 bridgehead atoms. The molecule has 13 heteroatoms. The van der Waals surface area contributed by atoms with Gasteiger partial charge in [0.05, 0.1) is 41.6 Å². The molecule has 1 amide bonds. The Labute approximate surface area is 233 Å². The van der Waals surface area contributed by atoms with E-state index in [1.54, 1.807) is 59.3 Å². The van der Waals surface area contributed by atoms with E-state index in [2.05, 4.69) is 44.2 Å². The van der Waals surface area contributed by atoms with Crippen molar-refractivity contribution in [2.45, 2.75) is 63.8 Å². The number of thiol groups is 1. The van der Waals surface area contributed by atoms with E-state index in [9.17, 15) is 9.59 Å². The summed E-state index contributed by atoms with van der Waals surface area (Å²) in [6, 6.07) is 10.4. The summed E-state index contributed by atoms with van der Waals surface area (Å²) >= 11 is 8.44. The Kier molecular flexibility index (Phi) is 9.23. The van der Waals surface area contributed by atoms with Crippen LogP contribution in [0.3, 0.4) is 0 Å². The number of nitrogens with zero attached hydrogens (tertiary/aromatic N) is 2. The molecular weight excluding hydrogens is 566 g/mol. The van der Waals surface area contributed by atoms with Gasteiger partial charge in [-0.05, 0) is 36.3 Å². The smallest absolute Gasteiger partial charge is 0.351 e. The topological polar surface area (TPSA) is 91.7 Å². The van der Waals surface area contributed by atoms with Crippen LogP contribution in [0, 0.1) is 0 Å². The van der Waals surface area contributed by atoms with Crippen LogP contribution in [0.4, 0.5) is 5.82 Å². The van der Waals surface area contributed by atoms with Crippen molar-refractivity contribution in [3.63, 3.8) is 0 Å². The van der Waals surface area contributed by atoms with E-state index in [0.717, 1.165) is 11.5 Å². The maximum atomic E-state index is 13.0. The number of anilines is 1. The van der Waals surface area contributed by atoms with E-state index in [4.69, 9.17) is 25.9 Å². The Morgan fingerprint density at radius 3 is 2.54 bits per heavy atom. The van der Waals surface area contributed by atoms with Gasteiger partial charge in [-0.1, -0.05) is 39.0 Å². The first kappa shape index (κ1) is 29.1. The summed E-state index contributed by atoms with van der Waals surface area (Å²) in [5.41, 5.74) is -0.00980. The average Bonchev–Trinajstić information content (AvgIpc) is 3.43. The number of rotatable bonds is 8. The molecule has 0 radical (unpaired) electrons. The number of carbonyl (C=O) groups excluding carboxylic acids is 1. The second kappa shape index (κ2) is 11.7. The molecule has 3 heterocycles. The van der Waals surface area contributed by atoms with Gasteiger partial charge in [0.1, 0.15) is 24.3 Å². The van der Waals surface area contributed by atoms with Crippen LogP contribution < -0.4 is 11.0 Å². The Morgan fingerprint density at radius 1 is 1.24 bits per heavy atom. The highest BCUT2D eigenvalue weighted by Gasteiger charge is 2.52. The second-order valence-corrected chi connectivity index (χ2v) is 26.5. The minimum absolute atomic E-state index is 0.0666. The normalized spacial score (nSPS) is 23.8. The van der Waals surface area contributed by atoms with Crippen LogP contribution in [-0.2, 0) is 13.7 Å². The van der Waals surface area contributed by atoms with Crippen LogP contribution in [0.5, 0.6) is 0 Å². The van der Waals surface area contributed by atoms with Crippen molar-refractivity contribution >= 4 is 60.1 Å². The molecule has 0 saturated carbocycles. The van der Waals surface area contributed by atoms with Crippen molar-refractivity contribution in [2.75, 3.05) is 23.4 Å². The number of benzene rings is 1. The molecule has 202 valence electrons. The van der Waals surface area contributed by atoms with Crippen LogP contribution >= 0.6 is 40.1 Å². The summed E-state index contributed by atoms with van der Waals surface area (Å²) < 4.78 is 20.9. The predicted molar refractivity (Wildman–Crippen MR) is 160 cm³/mol. The van der Waals surface area contributed by atoms with Gasteiger partial charge < -0.3 is 14.5 Å². The molecule has 1 aromatic carbocycles. The molecule has 0 spiro atoms. The molecular formula is C24H35N3O5PS3Si+. The molecule has 1 aromatic heterocycles. The summed E-state index contributed by atoms with van der Waals surface area (Å²) in [5, 5.41) is 0.816. The molecule has 2 aliphatic rings. The van der Waals surface area contributed by atoms with Gasteiger partial charge in [0, 0.05) is 29.7 Å². The fourth-order valence-electron chi connectivity index (χ4n) is 3.69. The van der Waals surface area contributed by atoms with Crippen molar-refractivity contribution in [1.29, 1.82) is 0 Å². The van der Waals surface area contributed by atoms with Crippen molar-refractivity contribution < 1.29 is 18.5 Å². The molecule has 37 heavy (non-hydrogen) atoms. The molecule has 2 fully saturated rings. The standard InChI is InChI=1S/C24H34N3O5PS3Si/c1-24(2,3)37(4,5)30-16-19-18(32-33(34)35-13-14-36-33)15-21(31-19)27-12-11-20(26-23(27)29)25-22(28)17-9-7-6-8-10-17/h6-12,18-19,21,34H,13-16H2,1-5H3/p+1/t18-,19+,21+/m0/s1. The van der Waals surface area contributed by atoms with E-state index in [1.165, 1.54) is 4.57 Å². The van der Waals surface area contributed by atoms with E-state index in [0.29, 0.717) is 18.6 Å².